The number of aryl methyl sites for hydroxylation is 1. The lowest BCUT2D eigenvalue weighted by Crippen LogP contribution is -2.13. The van der Waals surface area contributed by atoms with Gasteiger partial charge >= 0.3 is 0 Å². The highest BCUT2D eigenvalue weighted by Gasteiger charge is 2.19. The van der Waals surface area contributed by atoms with Crippen molar-refractivity contribution >= 4 is 27.3 Å². The summed E-state index contributed by atoms with van der Waals surface area (Å²) in [4.78, 5) is 0.109. The second kappa shape index (κ2) is 4.38. The molecule has 2 rings (SSSR count). The molecule has 1 aromatic heterocycles. The molecule has 2 aromatic rings. The van der Waals surface area contributed by atoms with Crippen molar-refractivity contribution in [2.45, 2.75) is 11.8 Å². The zero-order valence-corrected chi connectivity index (χ0v) is 10.5. The van der Waals surface area contributed by atoms with Crippen LogP contribution >= 0.6 is 11.6 Å². The van der Waals surface area contributed by atoms with Crippen LogP contribution in [-0.4, -0.2) is 18.6 Å². The zero-order chi connectivity index (χ0) is 12.5. The lowest BCUT2D eigenvalue weighted by atomic mass is 10.3. The van der Waals surface area contributed by atoms with Crippen molar-refractivity contribution in [3.63, 3.8) is 0 Å². The molecule has 0 aliphatic heterocycles. The number of benzene rings is 1. The number of nitrogens with zero attached hydrogens (tertiary/aromatic N) is 1. The van der Waals surface area contributed by atoms with Crippen molar-refractivity contribution in [2.24, 2.45) is 0 Å². The quantitative estimate of drug-likeness (QED) is 0.898. The van der Waals surface area contributed by atoms with Crippen LogP contribution in [0, 0.1) is 6.92 Å². The lowest BCUT2D eigenvalue weighted by molar-refractivity contribution is 0.600. The maximum Gasteiger partial charge on any atom is 0.265 e. The molecule has 0 radical (unpaired) electrons. The van der Waals surface area contributed by atoms with Gasteiger partial charge in [0.05, 0.1) is 22.6 Å². The lowest BCUT2D eigenvalue weighted by Gasteiger charge is -2.08. The number of aromatic amines is 1. The second-order valence-electron chi connectivity index (χ2n) is 3.44. The fourth-order valence-corrected chi connectivity index (χ4v) is 2.81. The first-order chi connectivity index (χ1) is 8.00. The fraction of sp³-hybridized carbons (Fsp3) is 0.100. The molecule has 0 spiro atoms. The number of halogens is 1. The summed E-state index contributed by atoms with van der Waals surface area (Å²) in [5, 5.41) is 6.59. The highest BCUT2D eigenvalue weighted by molar-refractivity contribution is 7.92. The van der Waals surface area contributed by atoms with E-state index in [1.54, 1.807) is 31.2 Å². The molecule has 90 valence electrons. The molecule has 0 bridgehead atoms. The predicted octanol–water partition coefficient (Wildman–Crippen LogP) is 2.17. The average Bonchev–Trinajstić information content (AvgIpc) is 2.68. The highest BCUT2D eigenvalue weighted by atomic mass is 35.5. The van der Waals surface area contributed by atoms with Crippen molar-refractivity contribution in [3.8, 4) is 0 Å². The molecule has 5 nitrogen and oxygen atoms in total. The molecule has 0 amide bonds. The summed E-state index contributed by atoms with van der Waals surface area (Å²) in [6, 6.07) is 6.63. The van der Waals surface area contributed by atoms with Gasteiger partial charge in [-0.3, -0.25) is 9.82 Å². The van der Waals surface area contributed by atoms with Gasteiger partial charge in [-0.25, -0.2) is 8.42 Å². The molecular formula is C10H10ClN3O2S. The van der Waals surface area contributed by atoms with Gasteiger partial charge in [0.15, 0.2) is 0 Å². The van der Waals surface area contributed by atoms with Crippen LogP contribution in [-0.2, 0) is 10.0 Å². The van der Waals surface area contributed by atoms with Crippen LogP contribution in [0.3, 0.4) is 0 Å². The predicted molar refractivity (Wildman–Crippen MR) is 65.6 cm³/mol. The van der Waals surface area contributed by atoms with Crippen LogP contribution in [0.2, 0.25) is 5.02 Å². The van der Waals surface area contributed by atoms with Crippen LogP contribution in [0.4, 0.5) is 5.69 Å². The number of sulfonamides is 1. The van der Waals surface area contributed by atoms with Gasteiger partial charge in [-0.05, 0) is 19.1 Å². The van der Waals surface area contributed by atoms with Crippen molar-refractivity contribution in [2.75, 3.05) is 4.72 Å². The molecule has 2 N–H and O–H groups in total. The minimum atomic E-state index is -3.65. The number of aromatic nitrogens is 2. The largest absolute Gasteiger partial charge is 0.281 e. The molecular weight excluding hydrogens is 262 g/mol. The molecule has 0 aliphatic carbocycles. The van der Waals surface area contributed by atoms with Gasteiger partial charge in [0.1, 0.15) is 4.90 Å². The molecule has 0 saturated heterocycles. The number of rotatable bonds is 3. The van der Waals surface area contributed by atoms with Gasteiger partial charge in [-0.2, -0.15) is 5.10 Å². The summed E-state index contributed by atoms with van der Waals surface area (Å²) in [6.07, 6.45) is 1.26. The Labute approximate surface area is 104 Å². The van der Waals surface area contributed by atoms with Crippen LogP contribution in [0.1, 0.15) is 5.69 Å². The van der Waals surface area contributed by atoms with E-state index in [2.05, 4.69) is 14.9 Å². The second-order valence-corrected chi connectivity index (χ2v) is 5.50. The number of hydrogen-bond acceptors (Lipinski definition) is 3. The third kappa shape index (κ3) is 2.42. The van der Waals surface area contributed by atoms with E-state index in [1.807, 2.05) is 0 Å². The van der Waals surface area contributed by atoms with E-state index in [0.29, 0.717) is 16.4 Å². The van der Waals surface area contributed by atoms with Gasteiger partial charge in [0.2, 0.25) is 0 Å². The number of anilines is 1. The Hall–Kier alpha value is -1.53. The molecule has 0 unspecified atom stereocenters. The SMILES string of the molecule is Cc1[nH]ncc1S(=O)(=O)Nc1ccccc1Cl. The first-order valence-corrected chi connectivity index (χ1v) is 6.64. The van der Waals surface area contributed by atoms with E-state index >= 15 is 0 Å². The van der Waals surface area contributed by atoms with E-state index in [1.165, 1.54) is 6.20 Å². The van der Waals surface area contributed by atoms with E-state index in [4.69, 9.17) is 11.6 Å². The Balaban J connectivity index is 2.37. The normalized spacial score (nSPS) is 11.4. The van der Waals surface area contributed by atoms with Gasteiger partial charge in [0.25, 0.3) is 10.0 Å². The van der Waals surface area contributed by atoms with Gasteiger partial charge in [-0.1, -0.05) is 23.7 Å². The summed E-state index contributed by atoms with van der Waals surface area (Å²) in [6.45, 7) is 1.63. The highest BCUT2D eigenvalue weighted by Crippen LogP contribution is 2.24. The molecule has 17 heavy (non-hydrogen) atoms. The van der Waals surface area contributed by atoms with Crippen LogP contribution in [0.15, 0.2) is 35.4 Å². The first-order valence-electron chi connectivity index (χ1n) is 4.78. The van der Waals surface area contributed by atoms with E-state index in [-0.39, 0.29) is 4.90 Å². The maximum absolute atomic E-state index is 12.0. The summed E-state index contributed by atoms with van der Waals surface area (Å²) in [5.74, 6) is 0. The molecule has 0 aliphatic rings. The fourth-order valence-electron chi connectivity index (χ4n) is 1.35. The van der Waals surface area contributed by atoms with Gasteiger partial charge < -0.3 is 0 Å². The van der Waals surface area contributed by atoms with E-state index < -0.39 is 10.0 Å². The number of hydrogen-bond donors (Lipinski definition) is 2. The third-order valence-corrected chi connectivity index (χ3v) is 4.00. The number of nitrogens with one attached hydrogen (secondary N) is 2. The zero-order valence-electron chi connectivity index (χ0n) is 8.94. The Morgan fingerprint density at radius 2 is 2.06 bits per heavy atom. The summed E-state index contributed by atoms with van der Waals surface area (Å²) in [7, 11) is -3.65. The third-order valence-electron chi connectivity index (χ3n) is 2.19. The summed E-state index contributed by atoms with van der Waals surface area (Å²) in [5.41, 5.74) is 0.819. The minimum Gasteiger partial charge on any atom is -0.281 e. The Morgan fingerprint density at radius 3 is 2.65 bits per heavy atom. The Bertz CT molecular complexity index is 637. The maximum atomic E-state index is 12.0. The van der Waals surface area contributed by atoms with Crippen molar-refractivity contribution in [1.82, 2.24) is 10.2 Å². The molecule has 0 fully saturated rings. The molecule has 0 saturated carbocycles. The van der Waals surface area contributed by atoms with E-state index in [9.17, 15) is 8.42 Å². The number of para-hydroxylation sites is 1. The molecule has 7 heteroatoms. The van der Waals surface area contributed by atoms with Crippen LogP contribution < -0.4 is 4.72 Å². The van der Waals surface area contributed by atoms with Crippen LogP contribution in [0.25, 0.3) is 0 Å². The van der Waals surface area contributed by atoms with Gasteiger partial charge in [-0.15, -0.1) is 0 Å². The Kier molecular flexibility index (Phi) is 3.08. The topological polar surface area (TPSA) is 74.8 Å². The average molecular weight is 272 g/mol. The van der Waals surface area contributed by atoms with Gasteiger partial charge in [0, 0.05) is 0 Å². The van der Waals surface area contributed by atoms with Crippen molar-refractivity contribution < 1.29 is 8.42 Å². The summed E-state index contributed by atoms with van der Waals surface area (Å²) >= 11 is 5.88. The standard InChI is InChI=1S/C10H10ClN3O2S/c1-7-10(6-12-13-7)17(15,16)14-9-5-3-2-4-8(9)11/h2-6,14H,1H3,(H,12,13). The molecule has 1 heterocycles. The first kappa shape index (κ1) is 11.9. The number of H-pyrrole nitrogens is 1. The van der Waals surface area contributed by atoms with Crippen molar-refractivity contribution in [3.05, 3.63) is 41.2 Å². The molecule has 0 atom stereocenters. The monoisotopic (exact) mass is 271 g/mol. The van der Waals surface area contributed by atoms with E-state index in [0.717, 1.165) is 0 Å². The minimum absolute atomic E-state index is 0.109. The molecule has 1 aromatic carbocycles. The smallest absolute Gasteiger partial charge is 0.265 e. The summed E-state index contributed by atoms with van der Waals surface area (Å²) < 4.78 is 26.4. The Morgan fingerprint density at radius 1 is 1.35 bits per heavy atom. The van der Waals surface area contributed by atoms with Crippen LogP contribution in [0.5, 0.6) is 0 Å². The van der Waals surface area contributed by atoms with Crippen molar-refractivity contribution in [1.29, 1.82) is 0 Å².